The fourth-order valence-corrected chi connectivity index (χ4v) is 1.58. The molecule has 0 aromatic heterocycles. The van der Waals surface area contributed by atoms with Crippen LogP contribution < -0.4 is 0 Å². The van der Waals surface area contributed by atoms with Gasteiger partial charge in [-0.05, 0) is 23.6 Å². The minimum atomic E-state index is 0.236. The molecular weight excluding hydrogens is 190 g/mol. The average Bonchev–Trinajstić information content (AvgIpc) is 2.71. The molecule has 0 saturated heterocycles. The van der Waals surface area contributed by atoms with Crippen LogP contribution >= 0.6 is 0 Å². The van der Waals surface area contributed by atoms with Gasteiger partial charge in [0.2, 0.25) is 5.90 Å². The van der Waals surface area contributed by atoms with E-state index in [2.05, 4.69) is 18.8 Å². The van der Waals surface area contributed by atoms with Crippen molar-refractivity contribution in [1.82, 2.24) is 0 Å². The first-order chi connectivity index (χ1) is 7.18. The summed E-state index contributed by atoms with van der Waals surface area (Å²) < 4.78 is 5.34. The summed E-state index contributed by atoms with van der Waals surface area (Å²) in [6.45, 7) is 5.53. The Kier molecular flexibility index (Phi) is 2.62. The largest absolute Gasteiger partial charge is 0.507 e. The van der Waals surface area contributed by atoms with Crippen molar-refractivity contribution < 1.29 is 9.84 Å². The lowest BCUT2D eigenvalue weighted by Crippen LogP contribution is -2.02. The number of rotatable bonds is 2. The number of aliphatic imine (C=N–C) groups is 1. The van der Waals surface area contributed by atoms with E-state index in [4.69, 9.17) is 4.74 Å². The van der Waals surface area contributed by atoms with Gasteiger partial charge in [0.15, 0.2) is 0 Å². The van der Waals surface area contributed by atoms with Gasteiger partial charge in [0.05, 0.1) is 12.1 Å². The van der Waals surface area contributed by atoms with Crippen LogP contribution in [0.2, 0.25) is 0 Å². The van der Waals surface area contributed by atoms with Gasteiger partial charge in [-0.2, -0.15) is 0 Å². The molecule has 0 amide bonds. The van der Waals surface area contributed by atoms with E-state index < -0.39 is 0 Å². The maximum Gasteiger partial charge on any atom is 0.220 e. The zero-order chi connectivity index (χ0) is 10.8. The first kappa shape index (κ1) is 10.0. The van der Waals surface area contributed by atoms with Crippen molar-refractivity contribution in [1.29, 1.82) is 0 Å². The molecule has 0 aliphatic carbocycles. The summed E-state index contributed by atoms with van der Waals surface area (Å²) in [6.07, 6.45) is 0. The highest BCUT2D eigenvalue weighted by Gasteiger charge is 2.15. The van der Waals surface area contributed by atoms with Crippen molar-refractivity contribution in [2.24, 2.45) is 4.99 Å². The summed E-state index contributed by atoms with van der Waals surface area (Å²) in [4.78, 5) is 4.20. The minimum absolute atomic E-state index is 0.236. The third kappa shape index (κ3) is 1.96. The summed E-state index contributed by atoms with van der Waals surface area (Å²) in [5.74, 6) is 1.24. The normalized spacial score (nSPS) is 15.3. The van der Waals surface area contributed by atoms with Crippen LogP contribution in [0.15, 0.2) is 23.2 Å². The Morgan fingerprint density at radius 3 is 2.80 bits per heavy atom. The van der Waals surface area contributed by atoms with Crippen LogP contribution in [0.3, 0.4) is 0 Å². The van der Waals surface area contributed by atoms with Crippen molar-refractivity contribution >= 4 is 5.90 Å². The molecule has 0 spiro atoms. The summed E-state index contributed by atoms with van der Waals surface area (Å²) in [5, 5.41) is 9.72. The molecule has 0 bridgehead atoms. The predicted molar refractivity (Wildman–Crippen MR) is 59.6 cm³/mol. The number of phenolic OH excluding ortho intramolecular Hbond substituents is 1. The fourth-order valence-electron chi connectivity index (χ4n) is 1.58. The Morgan fingerprint density at radius 1 is 1.40 bits per heavy atom. The van der Waals surface area contributed by atoms with E-state index in [1.54, 1.807) is 6.07 Å². The number of hydrogen-bond acceptors (Lipinski definition) is 3. The highest BCUT2D eigenvalue weighted by atomic mass is 16.5. The van der Waals surface area contributed by atoms with E-state index in [0.29, 0.717) is 30.5 Å². The Morgan fingerprint density at radius 2 is 2.20 bits per heavy atom. The smallest absolute Gasteiger partial charge is 0.220 e. The van der Waals surface area contributed by atoms with Gasteiger partial charge in [0.1, 0.15) is 12.4 Å². The Balaban J connectivity index is 2.40. The van der Waals surface area contributed by atoms with Gasteiger partial charge < -0.3 is 9.84 Å². The van der Waals surface area contributed by atoms with Gasteiger partial charge in [-0.1, -0.05) is 19.9 Å². The Bertz CT molecular complexity index is 397. The first-order valence-corrected chi connectivity index (χ1v) is 5.19. The lowest BCUT2D eigenvalue weighted by atomic mass is 10.0. The number of ether oxygens (including phenoxy) is 1. The molecule has 0 atom stereocenters. The van der Waals surface area contributed by atoms with Crippen molar-refractivity contribution in [3.05, 3.63) is 29.3 Å². The third-order valence-electron chi connectivity index (χ3n) is 2.50. The van der Waals surface area contributed by atoms with Crippen LogP contribution in [-0.4, -0.2) is 24.2 Å². The summed E-state index contributed by atoms with van der Waals surface area (Å²) in [6, 6.07) is 5.58. The number of phenols is 1. The quantitative estimate of drug-likeness (QED) is 0.804. The fraction of sp³-hybridized carbons (Fsp3) is 0.417. The van der Waals surface area contributed by atoms with Crippen molar-refractivity contribution in [2.45, 2.75) is 19.8 Å². The molecule has 15 heavy (non-hydrogen) atoms. The highest BCUT2D eigenvalue weighted by molar-refractivity contribution is 5.97. The SMILES string of the molecule is CC(C)c1ccc(O)c(C2=NCCO2)c1. The summed E-state index contributed by atoms with van der Waals surface area (Å²) >= 11 is 0. The lowest BCUT2D eigenvalue weighted by molar-refractivity contribution is 0.346. The third-order valence-corrected chi connectivity index (χ3v) is 2.50. The molecule has 0 unspecified atom stereocenters. The Hall–Kier alpha value is -1.51. The van der Waals surface area contributed by atoms with Crippen molar-refractivity contribution in [3.8, 4) is 5.75 Å². The maximum atomic E-state index is 9.72. The molecule has 1 aromatic rings. The predicted octanol–water partition coefficient (Wildman–Crippen LogP) is 2.29. The van der Waals surface area contributed by atoms with Crippen molar-refractivity contribution in [2.75, 3.05) is 13.2 Å². The van der Waals surface area contributed by atoms with Gasteiger partial charge in [-0.3, -0.25) is 0 Å². The van der Waals surface area contributed by atoms with E-state index in [1.807, 2.05) is 12.1 Å². The molecule has 2 rings (SSSR count). The zero-order valence-electron chi connectivity index (χ0n) is 9.03. The molecular formula is C12H15NO2. The number of nitrogens with zero attached hydrogens (tertiary/aromatic N) is 1. The first-order valence-electron chi connectivity index (χ1n) is 5.19. The molecule has 1 heterocycles. The number of hydrogen-bond donors (Lipinski definition) is 1. The van der Waals surface area contributed by atoms with Crippen molar-refractivity contribution in [3.63, 3.8) is 0 Å². The Labute approximate surface area is 89.4 Å². The van der Waals surface area contributed by atoms with E-state index in [-0.39, 0.29) is 5.75 Å². The number of aromatic hydroxyl groups is 1. The average molecular weight is 205 g/mol. The second kappa shape index (κ2) is 3.93. The zero-order valence-corrected chi connectivity index (χ0v) is 9.03. The van der Waals surface area contributed by atoms with E-state index in [0.717, 1.165) is 0 Å². The molecule has 1 aromatic carbocycles. The number of benzene rings is 1. The molecule has 3 heteroatoms. The van der Waals surface area contributed by atoms with E-state index >= 15 is 0 Å². The maximum absolute atomic E-state index is 9.72. The monoisotopic (exact) mass is 205 g/mol. The van der Waals surface area contributed by atoms with Crippen LogP contribution in [0.5, 0.6) is 5.75 Å². The second-order valence-electron chi connectivity index (χ2n) is 3.97. The van der Waals surface area contributed by atoms with Gasteiger partial charge >= 0.3 is 0 Å². The topological polar surface area (TPSA) is 41.8 Å². The summed E-state index contributed by atoms with van der Waals surface area (Å²) in [7, 11) is 0. The minimum Gasteiger partial charge on any atom is -0.507 e. The standard InChI is InChI=1S/C12H15NO2/c1-8(2)9-3-4-11(14)10(7-9)12-13-5-6-15-12/h3-4,7-8,14H,5-6H2,1-2H3. The molecule has 0 saturated carbocycles. The van der Waals surface area contributed by atoms with Gasteiger partial charge in [0.25, 0.3) is 0 Å². The molecule has 1 N–H and O–H groups in total. The van der Waals surface area contributed by atoms with E-state index in [1.165, 1.54) is 5.56 Å². The summed E-state index contributed by atoms with van der Waals surface area (Å²) in [5.41, 5.74) is 1.89. The van der Waals surface area contributed by atoms with E-state index in [9.17, 15) is 5.11 Å². The molecule has 1 aliphatic heterocycles. The van der Waals surface area contributed by atoms with Crippen LogP contribution in [0.4, 0.5) is 0 Å². The van der Waals surface area contributed by atoms with Crippen LogP contribution in [0.1, 0.15) is 30.9 Å². The lowest BCUT2D eigenvalue weighted by Gasteiger charge is -2.09. The molecule has 0 fully saturated rings. The van der Waals surface area contributed by atoms with Gasteiger partial charge in [-0.25, -0.2) is 4.99 Å². The van der Waals surface area contributed by atoms with Gasteiger partial charge in [-0.15, -0.1) is 0 Å². The van der Waals surface area contributed by atoms with Crippen LogP contribution in [0, 0.1) is 0 Å². The van der Waals surface area contributed by atoms with Gasteiger partial charge in [0, 0.05) is 0 Å². The molecule has 1 aliphatic rings. The molecule has 0 radical (unpaired) electrons. The van der Waals surface area contributed by atoms with Crippen LogP contribution in [0.25, 0.3) is 0 Å². The molecule has 80 valence electrons. The molecule has 3 nitrogen and oxygen atoms in total. The highest BCUT2D eigenvalue weighted by Crippen LogP contribution is 2.25. The van der Waals surface area contributed by atoms with Crippen LogP contribution in [-0.2, 0) is 4.74 Å². The second-order valence-corrected chi connectivity index (χ2v) is 3.97.